The van der Waals surface area contributed by atoms with Crippen LogP contribution in [0.5, 0.6) is 5.75 Å². The molecule has 0 aromatic heterocycles. The van der Waals surface area contributed by atoms with Gasteiger partial charge >= 0.3 is 0 Å². The summed E-state index contributed by atoms with van der Waals surface area (Å²) in [6.07, 6.45) is 1.97. The van der Waals surface area contributed by atoms with E-state index in [9.17, 15) is 9.59 Å². The Bertz CT molecular complexity index is 629. The van der Waals surface area contributed by atoms with Crippen LogP contribution in [0.15, 0.2) is 38.8 Å². The van der Waals surface area contributed by atoms with E-state index < -0.39 is 10.9 Å². The number of nitrogens with one attached hydrogen (secondary N) is 1. The van der Waals surface area contributed by atoms with E-state index in [0.717, 1.165) is 10.6 Å². The molecule has 4 nitrogen and oxygen atoms in total. The summed E-state index contributed by atoms with van der Waals surface area (Å²) in [6.45, 7) is 2.14. The molecule has 5 heteroatoms. The maximum atomic E-state index is 11.5. The molecule has 0 atom stereocenters. The highest BCUT2D eigenvalue weighted by Crippen LogP contribution is 2.25. The number of ether oxygens (including phenoxy) is 1. The molecule has 0 spiro atoms. The third kappa shape index (κ3) is 2.26. The Morgan fingerprint density at radius 2 is 2.06 bits per heavy atom. The van der Waals surface area contributed by atoms with E-state index in [0.29, 0.717) is 6.61 Å². The fraction of sp³-hybridized carbons (Fsp3) is 0.231. The van der Waals surface area contributed by atoms with Crippen LogP contribution in [0.3, 0.4) is 0 Å². The normalized spacial score (nSPS) is 10.6. The van der Waals surface area contributed by atoms with Crippen molar-refractivity contribution in [3.8, 4) is 5.75 Å². The standard InChI is InChI=1S/C13H13NO3S/c1-3-17-13-10(11(15)12(13)16)14-8-5-4-6-9(7-8)18-2/h4-7,14H,3H2,1-2H3. The average Bonchev–Trinajstić information content (AvgIpc) is 2.42. The topological polar surface area (TPSA) is 55.4 Å². The van der Waals surface area contributed by atoms with E-state index >= 15 is 0 Å². The number of hydrogen-bond donors (Lipinski definition) is 1. The van der Waals surface area contributed by atoms with Gasteiger partial charge in [0.15, 0.2) is 5.75 Å². The molecule has 0 aliphatic heterocycles. The van der Waals surface area contributed by atoms with Gasteiger partial charge in [0.05, 0.1) is 6.61 Å². The first-order valence-corrected chi connectivity index (χ1v) is 6.77. The highest BCUT2D eigenvalue weighted by Gasteiger charge is 2.22. The average molecular weight is 263 g/mol. The SMILES string of the molecule is CCOc1c(Nc2cccc(SC)c2)c(=O)c1=O. The monoisotopic (exact) mass is 263 g/mol. The van der Waals surface area contributed by atoms with Gasteiger partial charge in [0.25, 0.3) is 10.9 Å². The molecule has 1 N–H and O–H groups in total. The Morgan fingerprint density at radius 3 is 2.72 bits per heavy atom. The Hall–Kier alpha value is -1.75. The second kappa shape index (κ2) is 5.27. The lowest BCUT2D eigenvalue weighted by Gasteiger charge is -2.13. The van der Waals surface area contributed by atoms with Gasteiger partial charge in [0.1, 0.15) is 5.69 Å². The zero-order chi connectivity index (χ0) is 13.1. The summed E-state index contributed by atoms with van der Waals surface area (Å²) in [4.78, 5) is 23.8. The molecule has 0 heterocycles. The first-order chi connectivity index (χ1) is 8.67. The van der Waals surface area contributed by atoms with E-state index in [-0.39, 0.29) is 11.4 Å². The van der Waals surface area contributed by atoms with Crippen molar-refractivity contribution in [1.29, 1.82) is 0 Å². The van der Waals surface area contributed by atoms with Gasteiger partial charge < -0.3 is 10.1 Å². The number of hydrogen-bond acceptors (Lipinski definition) is 5. The Labute approximate surface area is 109 Å². The first-order valence-electron chi connectivity index (χ1n) is 5.54. The van der Waals surface area contributed by atoms with Gasteiger partial charge in [-0.1, -0.05) is 6.07 Å². The maximum Gasteiger partial charge on any atom is 0.272 e. The second-order valence-electron chi connectivity index (χ2n) is 3.65. The minimum atomic E-state index is -0.555. The molecular formula is C13H13NO3S. The minimum absolute atomic E-state index is 0.136. The largest absolute Gasteiger partial charge is 0.488 e. The quantitative estimate of drug-likeness (QED) is 0.661. The second-order valence-corrected chi connectivity index (χ2v) is 4.53. The molecule has 0 amide bonds. The van der Waals surface area contributed by atoms with Crippen LogP contribution in [0, 0.1) is 0 Å². The summed E-state index contributed by atoms with van der Waals surface area (Å²) < 4.78 is 5.14. The molecule has 94 valence electrons. The van der Waals surface area contributed by atoms with Crippen molar-refractivity contribution in [3.05, 3.63) is 44.7 Å². The molecule has 0 saturated carbocycles. The lowest BCUT2D eigenvalue weighted by Crippen LogP contribution is -2.35. The lowest BCUT2D eigenvalue weighted by molar-refractivity contribution is 0.335. The number of anilines is 2. The molecule has 0 aliphatic carbocycles. The predicted octanol–water partition coefficient (Wildman–Crippen LogP) is 2.15. The van der Waals surface area contributed by atoms with Crippen molar-refractivity contribution in [2.75, 3.05) is 18.2 Å². The molecule has 2 rings (SSSR count). The zero-order valence-corrected chi connectivity index (χ0v) is 11.0. The van der Waals surface area contributed by atoms with Crippen LogP contribution in [-0.4, -0.2) is 12.9 Å². The molecule has 0 bridgehead atoms. The Morgan fingerprint density at radius 1 is 1.28 bits per heavy atom. The fourth-order valence-corrected chi connectivity index (χ4v) is 2.07. The first kappa shape index (κ1) is 12.7. The van der Waals surface area contributed by atoms with Crippen LogP contribution < -0.4 is 20.9 Å². The van der Waals surface area contributed by atoms with Gasteiger partial charge in [-0.2, -0.15) is 0 Å². The molecule has 2 aromatic carbocycles. The van der Waals surface area contributed by atoms with E-state index in [1.54, 1.807) is 18.7 Å². The highest BCUT2D eigenvalue weighted by atomic mass is 32.2. The van der Waals surface area contributed by atoms with Gasteiger partial charge in [0, 0.05) is 10.6 Å². The van der Waals surface area contributed by atoms with E-state index in [1.807, 2.05) is 30.5 Å². The van der Waals surface area contributed by atoms with Crippen molar-refractivity contribution in [2.24, 2.45) is 0 Å². The van der Waals surface area contributed by atoms with Crippen LogP contribution in [0.25, 0.3) is 0 Å². The maximum absolute atomic E-state index is 11.5. The summed E-state index contributed by atoms with van der Waals surface area (Å²) in [7, 11) is 0. The van der Waals surface area contributed by atoms with Gasteiger partial charge in [-0.25, -0.2) is 0 Å². The van der Waals surface area contributed by atoms with Gasteiger partial charge in [-0.05, 0) is 31.4 Å². The van der Waals surface area contributed by atoms with Crippen molar-refractivity contribution >= 4 is 23.1 Å². The van der Waals surface area contributed by atoms with Crippen LogP contribution in [0.4, 0.5) is 11.4 Å². The van der Waals surface area contributed by atoms with E-state index in [1.165, 1.54) is 0 Å². The van der Waals surface area contributed by atoms with Crippen molar-refractivity contribution in [2.45, 2.75) is 11.8 Å². The number of benzene rings is 1. The molecule has 0 fully saturated rings. The van der Waals surface area contributed by atoms with Gasteiger partial charge in [0.2, 0.25) is 0 Å². The summed E-state index contributed by atoms with van der Waals surface area (Å²) in [5.74, 6) is 0.136. The zero-order valence-electron chi connectivity index (χ0n) is 10.1. The Kier molecular flexibility index (Phi) is 3.72. The molecule has 0 saturated heterocycles. The van der Waals surface area contributed by atoms with Crippen molar-refractivity contribution < 1.29 is 4.74 Å². The van der Waals surface area contributed by atoms with Crippen LogP contribution in [0.2, 0.25) is 0 Å². The number of rotatable bonds is 5. The summed E-state index contributed by atoms with van der Waals surface area (Å²) in [5.41, 5.74) is -0.0524. The van der Waals surface area contributed by atoms with Crippen molar-refractivity contribution in [1.82, 2.24) is 0 Å². The van der Waals surface area contributed by atoms with E-state index in [2.05, 4.69) is 5.32 Å². The fourth-order valence-electron chi connectivity index (χ4n) is 1.61. The molecular weight excluding hydrogens is 250 g/mol. The van der Waals surface area contributed by atoms with Crippen LogP contribution >= 0.6 is 11.8 Å². The van der Waals surface area contributed by atoms with Crippen LogP contribution in [0.1, 0.15) is 6.92 Å². The highest BCUT2D eigenvalue weighted by molar-refractivity contribution is 7.98. The third-order valence-corrected chi connectivity index (χ3v) is 3.22. The van der Waals surface area contributed by atoms with Gasteiger partial charge in [-0.15, -0.1) is 11.8 Å². The summed E-state index contributed by atoms with van der Waals surface area (Å²) in [6, 6.07) is 7.62. The Balaban J connectivity index is 2.26. The van der Waals surface area contributed by atoms with Crippen molar-refractivity contribution in [3.63, 3.8) is 0 Å². The molecule has 0 unspecified atom stereocenters. The third-order valence-electron chi connectivity index (χ3n) is 2.49. The molecule has 2 aromatic rings. The summed E-state index contributed by atoms with van der Waals surface area (Å²) in [5, 5.41) is 2.94. The van der Waals surface area contributed by atoms with Crippen LogP contribution in [-0.2, 0) is 0 Å². The van der Waals surface area contributed by atoms with Gasteiger partial charge in [-0.3, -0.25) is 9.59 Å². The lowest BCUT2D eigenvalue weighted by atomic mass is 10.2. The smallest absolute Gasteiger partial charge is 0.272 e. The minimum Gasteiger partial charge on any atom is -0.488 e. The summed E-state index contributed by atoms with van der Waals surface area (Å²) >= 11 is 1.61. The molecule has 0 radical (unpaired) electrons. The number of thioether (sulfide) groups is 1. The van der Waals surface area contributed by atoms with E-state index in [4.69, 9.17) is 4.74 Å². The molecule has 18 heavy (non-hydrogen) atoms. The molecule has 0 aliphatic rings. The predicted molar refractivity (Wildman–Crippen MR) is 74.0 cm³/mol.